The monoisotopic (exact) mass is 455 g/mol. The highest BCUT2D eigenvalue weighted by Gasteiger charge is 2.18. The first-order chi connectivity index (χ1) is 16.5. The average molecular weight is 456 g/mol. The molecule has 0 N–H and O–H groups in total. The molecule has 34 heavy (non-hydrogen) atoms. The van der Waals surface area contributed by atoms with E-state index in [9.17, 15) is 0 Å². The van der Waals surface area contributed by atoms with Crippen molar-refractivity contribution in [3.63, 3.8) is 0 Å². The number of hydrogen-bond acceptors (Lipinski definition) is 7. The zero-order chi connectivity index (χ0) is 23.7. The van der Waals surface area contributed by atoms with Gasteiger partial charge in [0.05, 0.1) is 30.4 Å². The van der Waals surface area contributed by atoms with Gasteiger partial charge in [0.25, 0.3) is 0 Å². The number of aryl methyl sites for hydroxylation is 1. The summed E-state index contributed by atoms with van der Waals surface area (Å²) < 4.78 is 9.05. The smallest absolute Gasteiger partial charge is 0.192 e. The van der Waals surface area contributed by atoms with Crippen LogP contribution in [-0.2, 0) is 18.0 Å². The Morgan fingerprint density at radius 1 is 1.03 bits per heavy atom. The average Bonchev–Trinajstić information content (AvgIpc) is 3.39. The number of nitrogens with zero attached hydrogens (tertiary/aromatic N) is 7. The predicted molar refractivity (Wildman–Crippen MR) is 129 cm³/mol. The molecule has 0 unspecified atom stereocenters. The van der Waals surface area contributed by atoms with Crippen molar-refractivity contribution in [1.29, 1.82) is 0 Å². The normalized spacial score (nSPS) is 11.9. The Kier molecular flexibility index (Phi) is 5.67. The van der Waals surface area contributed by atoms with Crippen molar-refractivity contribution >= 4 is 22.4 Å². The fourth-order valence-electron chi connectivity index (χ4n) is 3.95. The van der Waals surface area contributed by atoms with E-state index in [0.29, 0.717) is 12.4 Å². The summed E-state index contributed by atoms with van der Waals surface area (Å²) in [6, 6.07) is 13.6. The first kappa shape index (κ1) is 21.6. The Balaban J connectivity index is 1.40. The lowest BCUT2D eigenvalue weighted by molar-refractivity contribution is 0.125. The van der Waals surface area contributed by atoms with Crippen LogP contribution in [0.1, 0.15) is 35.3 Å². The molecule has 0 spiro atoms. The maximum atomic E-state index is 5.56. The van der Waals surface area contributed by atoms with Crippen LogP contribution in [0, 0.1) is 13.8 Å². The minimum atomic E-state index is 0.156. The molecule has 0 radical (unpaired) electrons. The van der Waals surface area contributed by atoms with Gasteiger partial charge in [-0.1, -0.05) is 11.2 Å². The highest BCUT2D eigenvalue weighted by atomic mass is 16.6. The van der Waals surface area contributed by atoms with Gasteiger partial charge in [-0.15, -0.1) is 5.10 Å². The van der Waals surface area contributed by atoms with Crippen LogP contribution in [0.25, 0.3) is 16.7 Å². The summed E-state index contributed by atoms with van der Waals surface area (Å²) in [4.78, 5) is 19.4. The lowest BCUT2D eigenvalue weighted by atomic mass is 10.1. The molecule has 0 atom stereocenters. The second kappa shape index (κ2) is 8.93. The van der Waals surface area contributed by atoms with Crippen LogP contribution in [0.3, 0.4) is 0 Å². The number of rotatable bonds is 7. The van der Waals surface area contributed by atoms with E-state index in [1.54, 1.807) is 24.1 Å². The number of pyridine rings is 1. The highest BCUT2D eigenvalue weighted by molar-refractivity contribution is 5.98. The van der Waals surface area contributed by atoms with Gasteiger partial charge in [-0.05, 0) is 68.3 Å². The van der Waals surface area contributed by atoms with Crippen LogP contribution >= 0.6 is 0 Å². The van der Waals surface area contributed by atoms with E-state index in [0.717, 1.165) is 50.7 Å². The van der Waals surface area contributed by atoms with Crippen molar-refractivity contribution < 1.29 is 9.57 Å². The van der Waals surface area contributed by atoms with E-state index in [2.05, 4.69) is 38.6 Å². The highest BCUT2D eigenvalue weighted by Crippen LogP contribution is 2.27. The molecule has 4 heterocycles. The van der Waals surface area contributed by atoms with Crippen molar-refractivity contribution in [2.45, 2.75) is 33.9 Å². The maximum absolute atomic E-state index is 5.56. The standard InChI is InChI=1S/C25H25N7O2/c1-16-18(3)31(13-20-7-5-6-12-26-20)24-23(16)25-28-22(29-32(25)15-27-24)14-34-30-17(2)19-8-10-21(33-4)11-9-19/h5-12,15H,13-14H2,1-4H3. The van der Waals surface area contributed by atoms with Crippen LogP contribution in [0.4, 0.5) is 0 Å². The molecule has 0 aliphatic heterocycles. The largest absolute Gasteiger partial charge is 0.497 e. The van der Waals surface area contributed by atoms with Gasteiger partial charge < -0.3 is 14.1 Å². The maximum Gasteiger partial charge on any atom is 0.192 e. The topological polar surface area (TPSA) is 91.7 Å². The molecule has 0 fully saturated rings. The SMILES string of the molecule is COc1ccc(C(C)=NOCc2nc3c4c(C)c(C)n(Cc5ccccn5)c4ncn3n2)cc1. The van der Waals surface area contributed by atoms with E-state index in [1.807, 2.05) is 49.4 Å². The minimum absolute atomic E-state index is 0.156. The zero-order valence-corrected chi connectivity index (χ0v) is 19.6. The van der Waals surface area contributed by atoms with Crippen molar-refractivity contribution in [1.82, 2.24) is 29.1 Å². The second-order valence-electron chi connectivity index (χ2n) is 8.04. The number of oxime groups is 1. The van der Waals surface area contributed by atoms with E-state index >= 15 is 0 Å². The molecule has 5 aromatic rings. The molecule has 5 rings (SSSR count). The summed E-state index contributed by atoms with van der Waals surface area (Å²) in [5.74, 6) is 1.33. The third kappa shape index (κ3) is 3.96. The van der Waals surface area contributed by atoms with Crippen molar-refractivity contribution in [3.8, 4) is 5.75 Å². The number of fused-ring (bicyclic) bond motifs is 3. The van der Waals surface area contributed by atoms with E-state index in [-0.39, 0.29) is 6.61 Å². The zero-order valence-electron chi connectivity index (χ0n) is 19.6. The Morgan fingerprint density at radius 3 is 2.59 bits per heavy atom. The summed E-state index contributed by atoms with van der Waals surface area (Å²) in [7, 11) is 1.64. The number of benzene rings is 1. The number of aromatic nitrogens is 6. The van der Waals surface area contributed by atoms with Crippen molar-refractivity contribution in [2.75, 3.05) is 7.11 Å². The van der Waals surface area contributed by atoms with Crippen LogP contribution in [0.15, 0.2) is 60.1 Å². The molecule has 9 heteroatoms. The molecule has 1 aromatic carbocycles. The summed E-state index contributed by atoms with van der Waals surface area (Å²) in [6.07, 6.45) is 3.49. The van der Waals surface area contributed by atoms with Crippen molar-refractivity contribution in [3.05, 3.63) is 83.3 Å². The third-order valence-corrected chi connectivity index (χ3v) is 5.94. The Bertz CT molecular complexity index is 1490. The molecule has 0 aliphatic rings. The first-order valence-electron chi connectivity index (χ1n) is 11.0. The Hall–Kier alpha value is -4.27. The molecular formula is C25H25N7O2. The van der Waals surface area contributed by atoms with Gasteiger partial charge >= 0.3 is 0 Å². The Morgan fingerprint density at radius 2 is 1.85 bits per heavy atom. The van der Waals surface area contributed by atoms with Gasteiger partial charge in [0, 0.05) is 11.9 Å². The van der Waals surface area contributed by atoms with Crippen LogP contribution in [0.2, 0.25) is 0 Å². The van der Waals surface area contributed by atoms with Crippen LogP contribution in [0.5, 0.6) is 5.75 Å². The fraction of sp³-hybridized carbons (Fsp3) is 0.240. The summed E-state index contributed by atoms with van der Waals surface area (Å²) in [6.45, 7) is 6.87. The molecule has 0 aliphatic carbocycles. The predicted octanol–water partition coefficient (Wildman–Crippen LogP) is 4.09. The number of methoxy groups -OCH3 is 1. The number of hydrogen-bond donors (Lipinski definition) is 0. The molecule has 0 amide bonds. The van der Waals surface area contributed by atoms with E-state index < -0.39 is 0 Å². The molecule has 9 nitrogen and oxygen atoms in total. The van der Waals surface area contributed by atoms with Gasteiger partial charge in [-0.25, -0.2) is 14.5 Å². The summed E-state index contributed by atoms with van der Waals surface area (Å²) in [5, 5.41) is 9.73. The van der Waals surface area contributed by atoms with Crippen molar-refractivity contribution in [2.24, 2.45) is 5.16 Å². The summed E-state index contributed by atoms with van der Waals surface area (Å²) in [5.41, 5.74) is 6.55. The lowest BCUT2D eigenvalue weighted by Crippen LogP contribution is -2.04. The van der Waals surface area contributed by atoms with E-state index in [4.69, 9.17) is 14.6 Å². The molecule has 0 bridgehead atoms. The van der Waals surface area contributed by atoms with Gasteiger partial charge in [0.1, 0.15) is 17.7 Å². The van der Waals surface area contributed by atoms with Crippen LogP contribution < -0.4 is 4.74 Å². The van der Waals surface area contributed by atoms with Gasteiger partial charge in [-0.3, -0.25) is 4.98 Å². The lowest BCUT2D eigenvalue weighted by Gasteiger charge is -2.07. The van der Waals surface area contributed by atoms with Crippen LogP contribution in [-0.4, -0.2) is 42.0 Å². The number of ether oxygens (including phenoxy) is 1. The molecule has 4 aromatic heterocycles. The molecule has 0 saturated heterocycles. The van der Waals surface area contributed by atoms with Gasteiger partial charge in [0.15, 0.2) is 18.1 Å². The second-order valence-corrected chi connectivity index (χ2v) is 8.04. The molecular weight excluding hydrogens is 430 g/mol. The van der Waals surface area contributed by atoms with Gasteiger partial charge in [-0.2, -0.15) is 0 Å². The molecule has 0 saturated carbocycles. The summed E-state index contributed by atoms with van der Waals surface area (Å²) >= 11 is 0. The Labute approximate surface area is 196 Å². The molecule has 172 valence electrons. The van der Waals surface area contributed by atoms with Gasteiger partial charge in [0.2, 0.25) is 0 Å². The van der Waals surface area contributed by atoms with E-state index in [1.165, 1.54) is 0 Å². The third-order valence-electron chi connectivity index (χ3n) is 5.94. The minimum Gasteiger partial charge on any atom is -0.497 e. The fourth-order valence-corrected chi connectivity index (χ4v) is 3.95. The first-order valence-corrected chi connectivity index (χ1v) is 11.0. The quantitative estimate of drug-likeness (QED) is 0.271.